The number of halogens is 1. The van der Waals surface area contributed by atoms with E-state index in [1.807, 2.05) is 54.6 Å². The Bertz CT molecular complexity index is 945. The van der Waals surface area contributed by atoms with Crippen molar-refractivity contribution in [2.75, 3.05) is 22.5 Å². The Hall–Kier alpha value is -3.12. The average Bonchev–Trinajstić information content (AvgIpc) is 2.67. The third-order valence-corrected chi connectivity index (χ3v) is 4.21. The average molecular weight is 424 g/mol. The summed E-state index contributed by atoms with van der Waals surface area (Å²) in [6, 6.07) is 23.6. The summed E-state index contributed by atoms with van der Waals surface area (Å²) < 4.78 is 0.898. The van der Waals surface area contributed by atoms with Gasteiger partial charge >= 0.3 is 0 Å². The van der Waals surface area contributed by atoms with Crippen LogP contribution in [0.3, 0.4) is 0 Å². The highest BCUT2D eigenvalue weighted by Gasteiger charge is 2.06. The molecule has 3 N–H and O–H groups in total. The van der Waals surface area contributed by atoms with E-state index >= 15 is 0 Å². The Balaban J connectivity index is 1.56. The molecule has 0 atom stereocenters. The lowest BCUT2D eigenvalue weighted by molar-refractivity contribution is -0.114. The zero-order valence-corrected chi connectivity index (χ0v) is 16.0. The standard InChI is InChI=1S/C21H18BrN3O2/c22-16-8-4-10-18(12-16)24-20(26)14-23-17-9-5-11-19(13-17)25-21(27)15-6-2-1-3-7-15/h1-13,23H,14H2,(H,24,26)(H,25,27). The van der Waals surface area contributed by atoms with Gasteiger partial charge in [0.05, 0.1) is 6.54 Å². The molecule has 0 heterocycles. The summed E-state index contributed by atoms with van der Waals surface area (Å²) >= 11 is 3.37. The minimum Gasteiger partial charge on any atom is -0.376 e. The molecule has 3 rings (SSSR count). The van der Waals surface area contributed by atoms with Crippen LogP contribution < -0.4 is 16.0 Å². The maximum Gasteiger partial charge on any atom is 0.255 e. The van der Waals surface area contributed by atoms with Gasteiger partial charge in [-0.15, -0.1) is 0 Å². The smallest absolute Gasteiger partial charge is 0.255 e. The quantitative estimate of drug-likeness (QED) is 0.535. The summed E-state index contributed by atoms with van der Waals surface area (Å²) in [4.78, 5) is 24.3. The zero-order chi connectivity index (χ0) is 19.1. The molecule has 3 aromatic rings. The summed E-state index contributed by atoms with van der Waals surface area (Å²) in [7, 11) is 0. The minimum absolute atomic E-state index is 0.114. The number of carbonyl (C=O) groups excluding carboxylic acids is 2. The molecule has 5 nitrogen and oxygen atoms in total. The number of rotatable bonds is 6. The number of anilines is 3. The monoisotopic (exact) mass is 423 g/mol. The predicted octanol–water partition coefficient (Wildman–Crippen LogP) is 4.75. The first-order chi connectivity index (χ1) is 13.1. The van der Waals surface area contributed by atoms with Gasteiger partial charge in [-0.05, 0) is 48.5 Å². The van der Waals surface area contributed by atoms with E-state index in [0.717, 1.165) is 15.8 Å². The molecule has 0 aliphatic heterocycles. The number of benzene rings is 3. The lowest BCUT2D eigenvalue weighted by Crippen LogP contribution is -2.21. The van der Waals surface area contributed by atoms with Gasteiger partial charge in [0.25, 0.3) is 5.91 Å². The molecule has 0 spiro atoms. The van der Waals surface area contributed by atoms with Gasteiger partial charge in [0.1, 0.15) is 0 Å². The van der Waals surface area contributed by atoms with Crippen molar-refractivity contribution in [3.63, 3.8) is 0 Å². The molecule has 136 valence electrons. The van der Waals surface area contributed by atoms with Crippen LogP contribution in [0.25, 0.3) is 0 Å². The molecule has 0 aliphatic rings. The Morgan fingerprint density at radius 2 is 1.41 bits per heavy atom. The number of amides is 2. The highest BCUT2D eigenvalue weighted by atomic mass is 79.9. The second-order valence-electron chi connectivity index (χ2n) is 5.81. The first-order valence-electron chi connectivity index (χ1n) is 8.36. The molecule has 3 aromatic carbocycles. The van der Waals surface area contributed by atoms with Gasteiger partial charge in [-0.3, -0.25) is 9.59 Å². The minimum atomic E-state index is -0.180. The van der Waals surface area contributed by atoms with Crippen molar-refractivity contribution in [1.29, 1.82) is 0 Å². The van der Waals surface area contributed by atoms with Crippen molar-refractivity contribution < 1.29 is 9.59 Å². The van der Waals surface area contributed by atoms with Crippen LogP contribution in [0.4, 0.5) is 17.1 Å². The molecule has 0 bridgehead atoms. The van der Waals surface area contributed by atoms with E-state index in [1.165, 1.54) is 0 Å². The second-order valence-corrected chi connectivity index (χ2v) is 6.73. The second kappa shape index (κ2) is 9.00. The van der Waals surface area contributed by atoms with E-state index in [-0.39, 0.29) is 18.4 Å². The van der Waals surface area contributed by atoms with E-state index in [1.54, 1.807) is 24.3 Å². The van der Waals surface area contributed by atoms with Crippen LogP contribution >= 0.6 is 15.9 Å². The number of hydrogen-bond donors (Lipinski definition) is 3. The number of nitrogens with one attached hydrogen (secondary N) is 3. The summed E-state index contributed by atoms with van der Waals surface area (Å²) in [5, 5.41) is 8.73. The van der Waals surface area contributed by atoms with Crippen molar-refractivity contribution in [1.82, 2.24) is 0 Å². The van der Waals surface area contributed by atoms with E-state index in [2.05, 4.69) is 31.9 Å². The van der Waals surface area contributed by atoms with Crippen LogP contribution in [0, 0.1) is 0 Å². The van der Waals surface area contributed by atoms with Gasteiger partial charge < -0.3 is 16.0 Å². The molecule has 0 aliphatic carbocycles. The van der Waals surface area contributed by atoms with Crippen molar-refractivity contribution in [2.45, 2.75) is 0 Å². The van der Waals surface area contributed by atoms with Gasteiger partial charge in [-0.25, -0.2) is 0 Å². The number of carbonyl (C=O) groups is 2. The molecule has 0 aromatic heterocycles. The van der Waals surface area contributed by atoms with E-state index < -0.39 is 0 Å². The SMILES string of the molecule is O=C(CNc1cccc(NC(=O)c2ccccc2)c1)Nc1cccc(Br)c1. The lowest BCUT2D eigenvalue weighted by Gasteiger charge is -2.10. The van der Waals surface area contributed by atoms with E-state index in [4.69, 9.17) is 0 Å². The van der Waals surface area contributed by atoms with Crippen LogP contribution in [0.2, 0.25) is 0 Å². The third-order valence-electron chi connectivity index (χ3n) is 3.72. The number of hydrogen-bond acceptors (Lipinski definition) is 3. The lowest BCUT2D eigenvalue weighted by atomic mass is 10.2. The maximum atomic E-state index is 12.2. The third kappa shape index (κ3) is 5.69. The van der Waals surface area contributed by atoms with Gasteiger partial charge in [-0.1, -0.05) is 46.3 Å². The van der Waals surface area contributed by atoms with Crippen molar-refractivity contribution in [3.8, 4) is 0 Å². The normalized spacial score (nSPS) is 10.1. The summed E-state index contributed by atoms with van der Waals surface area (Å²) in [5.74, 6) is -0.341. The summed E-state index contributed by atoms with van der Waals surface area (Å²) in [5.41, 5.74) is 2.70. The van der Waals surface area contributed by atoms with Crippen LogP contribution in [-0.2, 0) is 4.79 Å². The molecule has 0 radical (unpaired) electrons. The molecule has 6 heteroatoms. The molecule has 2 amide bonds. The largest absolute Gasteiger partial charge is 0.376 e. The Morgan fingerprint density at radius 1 is 0.741 bits per heavy atom. The van der Waals surface area contributed by atoms with Crippen molar-refractivity contribution >= 4 is 44.8 Å². The highest BCUT2D eigenvalue weighted by Crippen LogP contribution is 2.17. The van der Waals surface area contributed by atoms with Crippen LogP contribution in [0.1, 0.15) is 10.4 Å². The Morgan fingerprint density at radius 3 is 2.15 bits per heavy atom. The fourth-order valence-electron chi connectivity index (χ4n) is 2.45. The molecular formula is C21H18BrN3O2. The van der Waals surface area contributed by atoms with Crippen molar-refractivity contribution in [2.24, 2.45) is 0 Å². The fourth-order valence-corrected chi connectivity index (χ4v) is 2.85. The van der Waals surface area contributed by atoms with E-state index in [0.29, 0.717) is 11.3 Å². The molecule has 0 unspecified atom stereocenters. The first kappa shape index (κ1) is 18.7. The van der Waals surface area contributed by atoms with Gasteiger partial charge in [0.2, 0.25) is 5.91 Å². The predicted molar refractivity (Wildman–Crippen MR) is 112 cm³/mol. The van der Waals surface area contributed by atoms with Gasteiger partial charge in [-0.2, -0.15) is 0 Å². The fraction of sp³-hybridized carbons (Fsp3) is 0.0476. The summed E-state index contributed by atoms with van der Waals surface area (Å²) in [6.07, 6.45) is 0. The van der Waals surface area contributed by atoms with Gasteiger partial charge in [0, 0.05) is 27.1 Å². The molecule has 0 fully saturated rings. The van der Waals surface area contributed by atoms with Crippen molar-refractivity contribution in [3.05, 3.63) is 88.9 Å². The molecular weight excluding hydrogens is 406 g/mol. The topological polar surface area (TPSA) is 70.2 Å². The van der Waals surface area contributed by atoms with Crippen LogP contribution in [0.5, 0.6) is 0 Å². The first-order valence-corrected chi connectivity index (χ1v) is 9.15. The molecule has 27 heavy (non-hydrogen) atoms. The Kier molecular flexibility index (Phi) is 6.22. The highest BCUT2D eigenvalue weighted by molar-refractivity contribution is 9.10. The molecule has 0 saturated carbocycles. The zero-order valence-electron chi connectivity index (χ0n) is 14.4. The molecule has 0 saturated heterocycles. The van der Waals surface area contributed by atoms with Gasteiger partial charge in [0.15, 0.2) is 0 Å². The Labute approximate surface area is 165 Å². The maximum absolute atomic E-state index is 12.2. The van der Waals surface area contributed by atoms with E-state index in [9.17, 15) is 9.59 Å². The van der Waals surface area contributed by atoms with Crippen LogP contribution in [-0.4, -0.2) is 18.4 Å². The summed E-state index contributed by atoms with van der Waals surface area (Å²) in [6.45, 7) is 0.114. The van der Waals surface area contributed by atoms with Crippen LogP contribution in [0.15, 0.2) is 83.3 Å².